The first-order valence-electron chi connectivity index (χ1n) is 9.03. The highest BCUT2D eigenvalue weighted by atomic mass is 35.5. The molecule has 0 spiro atoms. The Morgan fingerprint density at radius 1 is 1.22 bits per heavy atom. The van der Waals surface area contributed by atoms with E-state index in [2.05, 4.69) is 0 Å². The van der Waals surface area contributed by atoms with Crippen molar-refractivity contribution < 1.29 is 14.3 Å². The molecule has 146 valence electrons. The maximum Gasteiger partial charge on any atom is 0.254 e. The average molecular weight is 391 g/mol. The van der Waals surface area contributed by atoms with Gasteiger partial charge in [-0.1, -0.05) is 30.3 Å². The van der Waals surface area contributed by atoms with Gasteiger partial charge >= 0.3 is 0 Å². The molecule has 1 aliphatic heterocycles. The van der Waals surface area contributed by atoms with Gasteiger partial charge in [0.1, 0.15) is 5.75 Å². The van der Waals surface area contributed by atoms with E-state index >= 15 is 0 Å². The molecule has 0 saturated carbocycles. The van der Waals surface area contributed by atoms with Crippen molar-refractivity contribution in [1.82, 2.24) is 4.90 Å². The minimum Gasteiger partial charge on any atom is -0.496 e. The van der Waals surface area contributed by atoms with E-state index in [0.717, 1.165) is 36.3 Å². The number of amides is 1. The molecule has 1 heterocycles. The highest BCUT2D eigenvalue weighted by Gasteiger charge is 2.24. The third-order valence-electron chi connectivity index (χ3n) is 4.73. The predicted molar refractivity (Wildman–Crippen MR) is 108 cm³/mol. The van der Waals surface area contributed by atoms with Crippen molar-refractivity contribution in [3.05, 3.63) is 65.2 Å². The molecule has 1 aliphatic rings. The summed E-state index contributed by atoms with van der Waals surface area (Å²) in [5, 5.41) is 0. The summed E-state index contributed by atoms with van der Waals surface area (Å²) in [4.78, 5) is 15.0. The van der Waals surface area contributed by atoms with Crippen LogP contribution in [0.4, 0.5) is 0 Å². The van der Waals surface area contributed by atoms with Crippen LogP contribution in [0.15, 0.2) is 48.5 Å². The number of para-hydroxylation sites is 1. The van der Waals surface area contributed by atoms with Crippen LogP contribution in [0, 0.1) is 0 Å². The van der Waals surface area contributed by atoms with Gasteiger partial charge in [-0.15, -0.1) is 12.4 Å². The normalized spacial score (nSPS) is 15.9. The number of hydrogen-bond acceptors (Lipinski definition) is 4. The number of ether oxygens (including phenoxy) is 2. The fraction of sp³-hybridized carbons (Fsp3) is 0.381. The topological polar surface area (TPSA) is 64.8 Å². The summed E-state index contributed by atoms with van der Waals surface area (Å²) in [6.45, 7) is 2.30. The van der Waals surface area contributed by atoms with Gasteiger partial charge in [-0.2, -0.15) is 0 Å². The first-order valence-corrected chi connectivity index (χ1v) is 9.03. The first kappa shape index (κ1) is 21.2. The van der Waals surface area contributed by atoms with E-state index in [1.165, 1.54) is 0 Å². The lowest BCUT2D eigenvalue weighted by Gasteiger charge is -2.26. The van der Waals surface area contributed by atoms with Crippen LogP contribution in [-0.4, -0.2) is 37.2 Å². The molecule has 1 amide bonds. The van der Waals surface area contributed by atoms with Crippen LogP contribution >= 0.6 is 12.4 Å². The summed E-state index contributed by atoms with van der Waals surface area (Å²) < 4.78 is 11.2. The number of rotatable bonds is 7. The minimum atomic E-state index is -0.00465. The second kappa shape index (κ2) is 10.3. The highest BCUT2D eigenvalue weighted by molar-refractivity contribution is 5.94. The summed E-state index contributed by atoms with van der Waals surface area (Å²) in [5.74, 6) is 0.783. The number of nitrogens with zero attached hydrogens (tertiary/aromatic N) is 1. The molecule has 1 unspecified atom stereocenters. The van der Waals surface area contributed by atoms with E-state index in [-0.39, 0.29) is 24.4 Å². The molecule has 27 heavy (non-hydrogen) atoms. The Balaban J connectivity index is 0.00000261. The molecule has 5 nitrogen and oxygen atoms in total. The van der Waals surface area contributed by atoms with Crippen molar-refractivity contribution in [3.63, 3.8) is 0 Å². The zero-order valence-electron chi connectivity index (χ0n) is 15.6. The molecule has 2 aromatic carbocycles. The Morgan fingerprint density at radius 2 is 1.96 bits per heavy atom. The zero-order chi connectivity index (χ0) is 18.4. The predicted octanol–water partition coefficient (Wildman–Crippen LogP) is 3.40. The van der Waals surface area contributed by atoms with Crippen LogP contribution in [0.25, 0.3) is 0 Å². The molecule has 3 rings (SSSR count). The fourth-order valence-electron chi connectivity index (χ4n) is 3.26. The Labute approximate surface area is 166 Å². The number of nitrogens with two attached hydrogens (primary N) is 1. The van der Waals surface area contributed by atoms with Crippen molar-refractivity contribution in [2.75, 3.05) is 20.3 Å². The van der Waals surface area contributed by atoms with Crippen molar-refractivity contribution in [3.8, 4) is 5.75 Å². The highest BCUT2D eigenvalue weighted by Crippen LogP contribution is 2.22. The fourth-order valence-corrected chi connectivity index (χ4v) is 3.26. The molecule has 0 radical (unpaired) electrons. The molecule has 0 aromatic heterocycles. The summed E-state index contributed by atoms with van der Waals surface area (Å²) in [5.41, 5.74) is 8.31. The largest absolute Gasteiger partial charge is 0.496 e. The van der Waals surface area contributed by atoms with E-state index in [1.807, 2.05) is 53.4 Å². The van der Waals surface area contributed by atoms with Crippen molar-refractivity contribution in [1.29, 1.82) is 0 Å². The monoisotopic (exact) mass is 390 g/mol. The number of carbonyl (C=O) groups excluding carboxylic acids is 1. The van der Waals surface area contributed by atoms with Crippen LogP contribution < -0.4 is 10.5 Å². The Kier molecular flexibility index (Phi) is 8.10. The lowest BCUT2D eigenvalue weighted by atomic mass is 10.1. The first-order chi connectivity index (χ1) is 12.7. The van der Waals surface area contributed by atoms with Crippen LogP contribution in [0.1, 0.15) is 34.3 Å². The van der Waals surface area contributed by atoms with E-state index in [9.17, 15) is 4.79 Å². The van der Waals surface area contributed by atoms with Gasteiger partial charge in [0.15, 0.2) is 0 Å². The van der Waals surface area contributed by atoms with Crippen molar-refractivity contribution in [2.24, 2.45) is 5.73 Å². The number of carbonyl (C=O) groups is 1. The standard InChI is InChI=1S/C21H26N2O3.ClH/c1-25-20-7-3-2-5-18(20)14-23(15-19-6-4-12-26-19)21(24)17-10-8-16(13-22)9-11-17;/h2-3,5,7-11,19H,4,6,12-15,22H2,1H3;1H. The zero-order valence-corrected chi connectivity index (χ0v) is 16.4. The molecule has 1 fully saturated rings. The van der Waals surface area contributed by atoms with Gasteiger partial charge in [-0.3, -0.25) is 4.79 Å². The summed E-state index contributed by atoms with van der Waals surface area (Å²) >= 11 is 0. The molecule has 2 N–H and O–H groups in total. The van der Waals surface area contributed by atoms with E-state index in [1.54, 1.807) is 7.11 Å². The third-order valence-corrected chi connectivity index (χ3v) is 4.73. The molecule has 6 heteroatoms. The maximum atomic E-state index is 13.1. The molecule has 1 atom stereocenters. The van der Waals surface area contributed by atoms with Crippen molar-refractivity contribution >= 4 is 18.3 Å². The SMILES string of the molecule is COc1ccccc1CN(CC1CCCO1)C(=O)c1ccc(CN)cc1.Cl. The second-order valence-corrected chi connectivity index (χ2v) is 6.53. The molecule has 1 saturated heterocycles. The smallest absolute Gasteiger partial charge is 0.254 e. The van der Waals surface area contributed by atoms with Crippen LogP contribution in [0.5, 0.6) is 5.75 Å². The average Bonchev–Trinajstić information content (AvgIpc) is 3.20. The van der Waals surface area contributed by atoms with E-state index < -0.39 is 0 Å². The molecular formula is C21H27ClN2O3. The number of halogens is 1. The molecule has 0 bridgehead atoms. The van der Waals surface area contributed by atoms with Crippen LogP contribution in [0.2, 0.25) is 0 Å². The minimum absolute atomic E-state index is 0. The molecular weight excluding hydrogens is 364 g/mol. The maximum absolute atomic E-state index is 13.1. The Hall–Kier alpha value is -2.08. The van der Waals surface area contributed by atoms with Gasteiger partial charge in [0.05, 0.1) is 13.2 Å². The van der Waals surface area contributed by atoms with E-state index in [4.69, 9.17) is 15.2 Å². The third kappa shape index (κ3) is 5.45. The van der Waals surface area contributed by atoms with Crippen LogP contribution in [-0.2, 0) is 17.8 Å². The van der Waals surface area contributed by atoms with Gasteiger partial charge in [-0.05, 0) is 36.6 Å². The van der Waals surface area contributed by atoms with Gasteiger partial charge in [0, 0.05) is 37.4 Å². The summed E-state index contributed by atoms with van der Waals surface area (Å²) in [6, 6.07) is 15.3. The van der Waals surface area contributed by atoms with Gasteiger partial charge < -0.3 is 20.1 Å². The van der Waals surface area contributed by atoms with E-state index in [0.29, 0.717) is 25.2 Å². The van der Waals surface area contributed by atoms with Gasteiger partial charge in [0.25, 0.3) is 5.91 Å². The number of methoxy groups -OCH3 is 1. The van der Waals surface area contributed by atoms with Gasteiger partial charge in [0.2, 0.25) is 0 Å². The molecule has 0 aliphatic carbocycles. The summed E-state index contributed by atoms with van der Waals surface area (Å²) in [6.07, 6.45) is 2.13. The van der Waals surface area contributed by atoms with Gasteiger partial charge in [-0.25, -0.2) is 0 Å². The van der Waals surface area contributed by atoms with Crippen molar-refractivity contribution in [2.45, 2.75) is 32.0 Å². The Bertz CT molecular complexity index is 730. The lowest BCUT2D eigenvalue weighted by Crippen LogP contribution is -2.37. The quantitative estimate of drug-likeness (QED) is 0.786. The Morgan fingerprint density at radius 3 is 2.59 bits per heavy atom. The molecule has 2 aromatic rings. The number of hydrogen-bond donors (Lipinski definition) is 1. The summed E-state index contributed by atoms with van der Waals surface area (Å²) in [7, 11) is 1.65. The van der Waals surface area contributed by atoms with Crippen LogP contribution in [0.3, 0.4) is 0 Å². The number of benzene rings is 2. The second-order valence-electron chi connectivity index (χ2n) is 6.53. The lowest BCUT2D eigenvalue weighted by molar-refractivity contribution is 0.0505.